The number of anilines is 2. The number of hydrogen-bond acceptors (Lipinski definition) is 3. The van der Waals surface area contributed by atoms with E-state index in [2.05, 4.69) is 25.2 Å². The fraction of sp³-hybridized carbons (Fsp3) is 0.364. The first-order valence-corrected chi connectivity index (χ1v) is 9.37. The van der Waals surface area contributed by atoms with Crippen LogP contribution in [0.15, 0.2) is 42.5 Å². The zero-order valence-corrected chi connectivity index (χ0v) is 16.1. The Kier molecular flexibility index (Phi) is 5.79. The van der Waals surface area contributed by atoms with Gasteiger partial charge in [0.15, 0.2) is 6.61 Å². The van der Waals surface area contributed by atoms with E-state index in [1.54, 1.807) is 4.90 Å². The van der Waals surface area contributed by atoms with Gasteiger partial charge >= 0.3 is 0 Å². The van der Waals surface area contributed by atoms with Crippen LogP contribution in [0.3, 0.4) is 0 Å². The van der Waals surface area contributed by atoms with E-state index in [0.717, 1.165) is 30.0 Å². The van der Waals surface area contributed by atoms with Gasteiger partial charge in [-0.05, 0) is 54.7 Å². The SMILES string of the molecule is Cc1ccc(C(C)C)cc1OCC(=O)Nc1cccc(N2CCCC2=O)c1. The van der Waals surface area contributed by atoms with Gasteiger partial charge in [-0.1, -0.05) is 32.0 Å². The first-order valence-electron chi connectivity index (χ1n) is 9.37. The quantitative estimate of drug-likeness (QED) is 0.831. The molecule has 1 saturated heterocycles. The molecule has 0 bridgehead atoms. The third-order valence-corrected chi connectivity index (χ3v) is 4.75. The number of benzene rings is 2. The molecule has 2 amide bonds. The van der Waals surface area contributed by atoms with Crippen molar-refractivity contribution < 1.29 is 14.3 Å². The summed E-state index contributed by atoms with van der Waals surface area (Å²) in [6.07, 6.45) is 1.46. The molecule has 0 radical (unpaired) electrons. The number of carbonyl (C=O) groups is 2. The van der Waals surface area contributed by atoms with Gasteiger partial charge in [-0.15, -0.1) is 0 Å². The van der Waals surface area contributed by atoms with Gasteiger partial charge in [0.05, 0.1) is 0 Å². The monoisotopic (exact) mass is 366 g/mol. The van der Waals surface area contributed by atoms with Crippen LogP contribution in [0.2, 0.25) is 0 Å². The highest BCUT2D eigenvalue weighted by Gasteiger charge is 2.21. The Balaban J connectivity index is 1.62. The van der Waals surface area contributed by atoms with Crippen molar-refractivity contribution >= 4 is 23.2 Å². The number of nitrogens with zero attached hydrogens (tertiary/aromatic N) is 1. The highest BCUT2D eigenvalue weighted by atomic mass is 16.5. The fourth-order valence-corrected chi connectivity index (χ4v) is 3.14. The Morgan fingerprint density at radius 3 is 2.74 bits per heavy atom. The van der Waals surface area contributed by atoms with E-state index >= 15 is 0 Å². The summed E-state index contributed by atoms with van der Waals surface area (Å²) in [6, 6.07) is 13.5. The molecule has 1 N–H and O–H groups in total. The summed E-state index contributed by atoms with van der Waals surface area (Å²) in [4.78, 5) is 25.9. The number of carbonyl (C=O) groups excluding carboxylic acids is 2. The molecule has 2 aromatic carbocycles. The Bertz CT molecular complexity index is 845. The number of aryl methyl sites for hydroxylation is 1. The largest absolute Gasteiger partial charge is 0.483 e. The topological polar surface area (TPSA) is 58.6 Å². The highest BCUT2D eigenvalue weighted by molar-refractivity contribution is 5.97. The van der Waals surface area contributed by atoms with Crippen LogP contribution in [0.1, 0.15) is 43.7 Å². The molecule has 1 fully saturated rings. The van der Waals surface area contributed by atoms with Crippen molar-refractivity contribution in [1.29, 1.82) is 0 Å². The Hall–Kier alpha value is -2.82. The van der Waals surface area contributed by atoms with Gasteiger partial charge in [-0.3, -0.25) is 9.59 Å². The second-order valence-corrected chi connectivity index (χ2v) is 7.22. The van der Waals surface area contributed by atoms with Gasteiger partial charge in [0.25, 0.3) is 5.91 Å². The first-order chi connectivity index (χ1) is 12.9. The number of rotatable bonds is 6. The van der Waals surface area contributed by atoms with Crippen molar-refractivity contribution in [1.82, 2.24) is 0 Å². The molecule has 5 heteroatoms. The van der Waals surface area contributed by atoms with Gasteiger partial charge in [-0.2, -0.15) is 0 Å². The van der Waals surface area contributed by atoms with Crippen LogP contribution < -0.4 is 15.0 Å². The van der Waals surface area contributed by atoms with Gasteiger partial charge < -0.3 is 15.0 Å². The lowest BCUT2D eigenvalue weighted by Gasteiger charge is -2.17. The predicted molar refractivity (Wildman–Crippen MR) is 107 cm³/mol. The molecule has 0 atom stereocenters. The molecule has 27 heavy (non-hydrogen) atoms. The van der Waals surface area contributed by atoms with Gasteiger partial charge in [0.2, 0.25) is 5.91 Å². The van der Waals surface area contributed by atoms with Crippen molar-refractivity contribution in [2.24, 2.45) is 0 Å². The Labute approximate surface area is 160 Å². The Morgan fingerprint density at radius 2 is 2.04 bits per heavy atom. The summed E-state index contributed by atoms with van der Waals surface area (Å²) in [5, 5.41) is 2.85. The summed E-state index contributed by atoms with van der Waals surface area (Å²) in [7, 11) is 0. The predicted octanol–water partition coefficient (Wildman–Crippen LogP) is 4.26. The van der Waals surface area contributed by atoms with E-state index in [0.29, 0.717) is 18.0 Å². The molecule has 3 rings (SSSR count). The van der Waals surface area contributed by atoms with Crippen molar-refractivity contribution in [3.05, 3.63) is 53.6 Å². The molecule has 0 aromatic heterocycles. The minimum atomic E-state index is -0.228. The molecule has 5 nitrogen and oxygen atoms in total. The van der Waals surface area contributed by atoms with E-state index in [4.69, 9.17) is 4.74 Å². The van der Waals surface area contributed by atoms with Crippen LogP contribution in [-0.4, -0.2) is 25.0 Å². The second-order valence-electron chi connectivity index (χ2n) is 7.22. The Morgan fingerprint density at radius 1 is 1.22 bits per heavy atom. The molecule has 0 unspecified atom stereocenters. The smallest absolute Gasteiger partial charge is 0.262 e. The number of hydrogen-bond donors (Lipinski definition) is 1. The molecule has 0 aliphatic carbocycles. The van der Waals surface area contributed by atoms with E-state index in [-0.39, 0.29) is 18.4 Å². The maximum atomic E-state index is 12.3. The lowest BCUT2D eigenvalue weighted by atomic mass is 10.0. The van der Waals surface area contributed by atoms with Gasteiger partial charge in [0, 0.05) is 24.3 Å². The zero-order chi connectivity index (χ0) is 19.4. The van der Waals surface area contributed by atoms with Crippen molar-refractivity contribution in [2.75, 3.05) is 23.4 Å². The minimum Gasteiger partial charge on any atom is -0.483 e. The number of nitrogens with one attached hydrogen (secondary N) is 1. The summed E-state index contributed by atoms with van der Waals surface area (Å²) in [6.45, 7) is 6.88. The molecule has 142 valence electrons. The third-order valence-electron chi connectivity index (χ3n) is 4.75. The molecule has 1 aliphatic rings. The van der Waals surface area contributed by atoms with E-state index in [1.807, 2.05) is 43.3 Å². The lowest BCUT2D eigenvalue weighted by Crippen LogP contribution is -2.24. The van der Waals surface area contributed by atoms with E-state index in [9.17, 15) is 9.59 Å². The van der Waals surface area contributed by atoms with Crippen molar-refractivity contribution in [3.8, 4) is 5.75 Å². The minimum absolute atomic E-state index is 0.0603. The summed E-state index contributed by atoms with van der Waals surface area (Å²) >= 11 is 0. The highest BCUT2D eigenvalue weighted by Crippen LogP contribution is 2.25. The lowest BCUT2D eigenvalue weighted by molar-refractivity contribution is -0.118. The molecular weight excluding hydrogens is 340 g/mol. The van der Waals surface area contributed by atoms with Crippen LogP contribution in [0.5, 0.6) is 5.75 Å². The molecule has 1 heterocycles. The number of ether oxygens (including phenoxy) is 1. The molecule has 0 spiro atoms. The summed E-state index contributed by atoms with van der Waals surface area (Å²) in [5.74, 6) is 1.03. The van der Waals surface area contributed by atoms with Crippen LogP contribution in [0, 0.1) is 6.92 Å². The summed E-state index contributed by atoms with van der Waals surface area (Å²) < 4.78 is 5.73. The van der Waals surface area contributed by atoms with Gasteiger partial charge in [0.1, 0.15) is 5.75 Å². The fourth-order valence-electron chi connectivity index (χ4n) is 3.14. The van der Waals surface area contributed by atoms with Crippen molar-refractivity contribution in [2.45, 2.75) is 39.5 Å². The van der Waals surface area contributed by atoms with Gasteiger partial charge in [-0.25, -0.2) is 0 Å². The molecular formula is C22H26N2O3. The maximum absolute atomic E-state index is 12.3. The molecule has 2 aromatic rings. The summed E-state index contributed by atoms with van der Waals surface area (Å²) in [5.41, 5.74) is 3.66. The first kappa shape index (κ1) is 19.0. The van der Waals surface area contributed by atoms with E-state index < -0.39 is 0 Å². The third kappa shape index (κ3) is 4.67. The standard InChI is InChI=1S/C22H26N2O3/c1-15(2)17-10-9-16(3)20(12-17)27-14-21(25)23-18-6-4-7-19(13-18)24-11-5-8-22(24)26/h4,6-7,9-10,12-13,15H,5,8,11,14H2,1-3H3,(H,23,25). The average molecular weight is 366 g/mol. The number of amides is 2. The molecule has 1 aliphatic heterocycles. The van der Waals surface area contributed by atoms with E-state index in [1.165, 1.54) is 5.56 Å². The van der Waals surface area contributed by atoms with Crippen LogP contribution in [0.4, 0.5) is 11.4 Å². The van der Waals surface area contributed by atoms with Crippen LogP contribution in [0.25, 0.3) is 0 Å². The normalized spacial score (nSPS) is 13.9. The van der Waals surface area contributed by atoms with Crippen LogP contribution in [-0.2, 0) is 9.59 Å². The molecule has 0 saturated carbocycles. The zero-order valence-electron chi connectivity index (χ0n) is 16.1. The van der Waals surface area contributed by atoms with Crippen molar-refractivity contribution in [3.63, 3.8) is 0 Å². The van der Waals surface area contributed by atoms with Crippen LogP contribution >= 0.6 is 0 Å². The second kappa shape index (κ2) is 8.25. The maximum Gasteiger partial charge on any atom is 0.262 e. The average Bonchev–Trinajstić information content (AvgIpc) is 3.07.